The summed E-state index contributed by atoms with van der Waals surface area (Å²) < 4.78 is 16.8. The lowest BCUT2D eigenvalue weighted by Crippen LogP contribution is -1.93. The fourth-order valence-electron chi connectivity index (χ4n) is 4.33. The van der Waals surface area contributed by atoms with Crippen molar-refractivity contribution in [3.63, 3.8) is 0 Å². The summed E-state index contributed by atoms with van der Waals surface area (Å²) in [4.78, 5) is 7.62. The number of aromatic nitrogens is 4. The van der Waals surface area contributed by atoms with E-state index in [9.17, 15) is 0 Å². The molecule has 0 saturated heterocycles. The van der Waals surface area contributed by atoms with Gasteiger partial charge in [-0.05, 0) is 31.4 Å². The quantitative estimate of drug-likeness (QED) is 0.154. The Morgan fingerprint density at radius 2 is 1.47 bits per heavy atom. The highest BCUT2D eigenvalue weighted by molar-refractivity contribution is 7.99. The number of nitrogens with zero attached hydrogens (tertiary/aromatic N) is 2. The summed E-state index contributed by atoms with van der Waals surface area (Å²) in [6.07, 6.45) is 13.7. The zero-order chi connectivity index (χ0) is 24.2. The van der Waals surface area contributed by atoms with Gasteiger partial charge in [0, 0.05) is 5.75 Å². The van der Waals surface area contributed by atoms with E-state index in [0.717, 1.165) is 57.6 Å². The predicted octanol–water partition coefficient (Wildman–Crippen LogP) is 6.13. The fraction of sp³-hybridized carbons (Fsp3) is 0.600. The minimum Gasteiger partial charge on any atom is -0.494 e. The number of ether oxygens (including phenoxy) is 3. The number of nitrogen functional groups attached to an aromatic ring is 1. The molecule has 0 fully saturated rings. The van der Waals surface area contributed by atoms with Crippen LogP contribution in [-0.4, -0.2) is 47.2 Å². The third-order valence-corrected chi connectivity index (χ3v) is 7.00. The Labute approximate surface area is 206 Å². The average molecular weight is 490 g/mol. The van der Waals surface area contributed by atoms with Gasteiger partial charge in [-0.2, -0.15) is 4.98 Å². The van der Waals surface area contributed by atoms with Crippen molar-refractivity contribution in [3.8, 4) is 17.2 Å². The van der Waals surface area contributed by atoms with E-state index in [1.165, 1.54) is 57.8 Å². The smallest absolute Gasteiger partial charge is 0.216 e. The molecule has 0 aliphatic rings. The van der Waals surface area contributed by atoms with E-state index in [-0.39, 0.29) is 0 Å². The van der Waals surface area contributed by atoms with Crippen LogP contribution in [0.3, 0.4) is 0 Å². The number of H-pyrrole nitrogens is 2. The van der Waals surface area contributed by atoms with Crippen LogP contribution in [0.1, 0.15) is 69.9 Å². The van der Waals surface area contributed by atoms with Gasteiger partial charge < -0.3 is 24.9 Å². The second-order valence-electron chi connectivity index (χ2n) is 8.50. The van der Waals surface area contributed by atoms with Crippen molar-refractivity contribution in [2.24, 2.45) is 0 Å². The topological polar surface area (TPSA) is 111 Å². The van der Waals surface area contributed by atoms with Crippen LogP contribution in [0.5, 0.6) is 17.2 Å². The van der Waals surface area contributed by atoms with Crippen molar-refractivity contribution in [3.05, 3.63) is 17.8 Å². The Morgan fingerprint density at radius 1 is 0.824 bits per heavy atom. The van der Waals surface area contributed by atoms with Gasteiger partial charge in [-0.3, -0.25) is 0 Å². The first-order valence-electron chi connectivity index (χ1n) is 12.3. The molecule has 0 saturated carbocycles. The highest BCUT2D eigenvalue weighted by Crippen LogP contribution is 2.43. The van der Waals surface area contributed by atoms with Crippen molar-refractivity contribution in [2.45, 2.75) is 75.8 Å². The Balaban J connectivity index is 1.25. The van der Waals surface area contributed by atoms with Gasteiger partial charge in [-0.15, -0.1) is 5.10 Å². The van der Waals surface area contributed by atoms with Crippen LogP contribution in [0.2, 0.25) is 0 Å². The van der Waals surface area contributed by atoms with Gasteiger partial charge in [-0.1, -0.05) is 63.1 Å². The van der Waals surface area contributed by atoms with Crippen LogP contribution in [0, 0.1) is 0 Å². The summed E-state index contributed by atoms with van der Waals surface area (Å²) in [5, 5.41) is 8.42. The lowest BCUT2D eigenvalue weighted by Gasteiger charge is -2.10. The summed E-state index contributed by atoms with van der Waals surface area (Å²) in [7, 11) is 5.04. The molecule has 0 unspecified atom stereocenters. The molecule has 2 aromatic heterocycles. The average Bonchev–Trinajstić information content (AvgIpc) is 3.43. The number of nitrogens with two attached hydrogens (primary N) is 1. The molecule has 3 aromatic rings. The Morgan fingerprint density at radius 3 is 2.06 bits per heavy atom. The molecule has 4 N–H and O–H groups in total. The second kappa shape index (κ2) is 14.0. The first-order valence-corrected chi connectivity index (χ1v) is 13.3. The predicted molar refractivity (Wildman–Crippen MR) is 139 cm³/mol. The standard InChI is InChI=1S/C25H39N5O3S/c1-31-20-16-15-18-21(23(20)33-3)22(32-2)19(27-18)14-12-10-8-6-4-5-7-9-11-13-17-34-25-28-24(26)29-30-25/h15-16,27H,4-14,17H2,1-3H3,(H3,26,28,29,30). The van der Waals surface area contributed by atoms with E-state index in [4.69, 9.17) is 19.9 Å². The number of methoxy groups -OCH3 is 3. The Kier molecular flexibility index (Phi) is 10.7. The van der Waals surface area contributed by atoms with Gasteiger partial charge in [0.1, 0.15) is 0 Å². The van der Waals surface area contributed by atoms with Crippen LogP contribution < -0.4 is 19.9 Å². The van der Waals surface area contributed by atoms with Gasteiger partial charge in [0.25, 0.3) is 0 Å². The van der Waals surface area contributed by atoms with Crippen molar-refractivity contribution in [1.82, 2.24) is 20.2 Å². The molecular formula is C25H39N5O3S. The number of rotatable bonds is 17. The monoisotopic (exact) mass is 489 g/mol. The first kappa shape index (κ1) is 26.1. The van der Waals surface area contributed by atoms with Gasteiger partial charge in [0.15, 0.2) is 17.2 Å². The maximum absolute atomic E-state index is 5.74. The molecule has 0 aliphatic carbocycles. The number of thioether (sulfide) groups is 1. The lowest BCUT2D eigenvalue weighted by molar-refractivity contribution is 0.356. The molecule has 1 aromatic carbocycles. The summed E-state index contributed by atoms with van der Waals surface area (Å²) >= 11 is 1.67. The van der Waals surface area contributed by atoms with Gasteiger partial charge in [0.2, 0.25) is 11.1 Å². The number of hydrogen-bond acceptors (Lipinski definition) is 7. The molecule has 3 rings (SSSR count). The van der Waals surface area contributed by atoms with E-state index in [1.54, 1.807) is 33.1 Å². The molecule has 2 heterocycles. The van der Waals surface area contributed by atoms with Gasteiger partial charge >= 0.3 is 0 Å². The van der Waals surface area contributed by atoms with Crippen molar-refractivity contribution in [2.75, 3.05) is 32.8 Å². The molecule has 0 aliphatic heterocycles. The van der Waals surface area contributed by atoms with Crippen molar-refractivity contribution < 1.29 is 14.2 Å². The molecule has 8 nitrogen and oxygen atoms in total. The van der Waals surface area contributed by atoms with Gasteiger partial charge in [0.05, 0.1) is 37.9 Å². The molecule has 9 heteroatoms. The maximum atomic E-state index is 5.74. The molecular weight excluding hydrogens is 450 g/mol. The van der Waals surface area contributed by atoms with E-state index in [0.29, 0.717) is 5.95 Å². The number of unbranched alkanes of at least 4 members (excludes halogenated alkanes) is 9. The third kappa shape index (κ3) is 7.22. The number of anilines is 1. The zero-order valence-corrected chi connectivity index (χ0v) is 21.6. The minimum absolute atomic E-state index is 0.391. The highest BCUT2D eigenvalue weighted by atomic mass is 32.2. The first-order chi connectivity index (χ1) is 16.7. The molecule has 188 valence electrons. The second-order valence-corrected chi connectivity index (χ2v) is 9.56. The van der Waals surface area contributed by atoms with E-state index < -0.39 is 0 Å². The SMILES string of the molecule is COc1ccc2[nH]c(CCCCCCCCCCCCSc3n[nH]c(N)n3)c(OC)c2c1OC. The third-order valence-electron chi connectivity index (χ3n) is 6.07. The van der Waals surface area contributed by atoms with E-state index in [1.807, 2.05) is 12.1 Å². The van der Waals surface area contributed by atoms with E-state index >= 15 is 0 Å². The molecule has 34 heavy (non-hydrogen) atoms. The number of aromatic amines is 2. The van der Waals surface area contributed by atoms with Crippen LogP contribution in [0.15, 0.2) is 17.3 Å². The maximum Gasteiger partial charge on any atom is 0.216 e. The number of aryl methyl sites for hydroxylation is 1. The number of fused-ring (bicyclic) bond motifs is 1. The minimum atomic E-state index is 0.391. The van der Waals surface area contributed by atoms with Gasteiger partial charge in [-0.25, -0.2) is 5.10 Å². The van der Waals surface area contributed by atoms with Crippen LogP contribution in [0.4, 0.5) is 5.95 Å². The molecule has 0 amide bonds. The largest absolute Gasteiger partial charge is 0.494 e. The summed E-state index contributed by atoms with van der Waals surface area (Å²) in [5.41, 5.74) is 7.68. The summed E-state index contributed by atoms with van der Waals surface area (Å²) in [6.45, 7) is 0. The molecule has 0 spiro atoms. The fourth-order valence-corrected chi connectivity index (χ4v) is 5.14. The number of benzene rings is 1. The Hall–Kier alpha value is -2.55. The zero-order valence-electron chi connectivity index (χ0n) is 20.7. The van der Waals surface area contributed by atoms with Crippen LogP contribution in [-0.2, 0) is 6.42 Å². The molecule has 0 radical (unpaired) electrons. The normalized spacial score (nSPS) is 11.3. The highest BCUT2D eigenvalue weighted by Gasteiger charge is 2.19. The number of hydrogen-bond donors (Lipinski definition) is 3. The van der Waals surface area contributed by atoms with Crippen molar-refractivity contribution >= 4 is 28.6 Å². The van der Waals surface area contributed by atoms with Crippen LogP contribution >= 0.6 is 11.8 Å². The molecule has 0 atom stereocenters. The van der Waals surface area contributed by atoms with E-state index in [2.05, 4.69) is 20.2 Å². The van der Waals surface area contributed by atoms with Crippen LogP contribution in [0.25, 0.3) is 10.9 Å². The lowest BCUT2D eigenvalue weighted by atomic mass is 10.0. The summed E-state index contributed by atoms with van der Waals surface area (Å²) in [5.74, 6) is 3.75. The summed E-state index contributed by atoms with van der Waals surface area (Å²) in [6, 6.07) is 3.95. The molecule has 0 bridgehead atoms. The number of nitrogens with one attached hydrogen (secondary N) is 2. The van der Waals surface area contributed by atoms with Crippen molar-refractivity contribution in [1.29, 1.82) is 0 Å². The Bertz CT molecular complexity index is 1000.